The maximum absolute atomic E-state index is 12.5. The van der Waals surface area contributed by atoms with Crippen LogP contribution in [-0.2, 0) is 9.59 Å². The molecule has 1 saturated heterocycles. The molecule has 1 aliphatic heterocycles. The van der Waals surface area contributed by atoms with Gasteiger partial charge >= 0.3 is 0 Å². The molecule has 30 heavy (non-hydrogen) atoms. The molecule has 0 spiro atoms. The summed E-state index contributed by atoms with van der Waals surface area (Å²) in [4.78, 5) is 26.8. The van der Waals surface area contributed by atoms with Gasteiger partial charge in [0.05, 0.1) is 6.61 Å². The molecule has 1 N–H and O–H groups in total. The zero-order valence-electron chi connectivity index (χ0n) is 18.2. The van der Waals surface area contributed by atoms with Crippen LogP contribution in [0.15, 0.2) is 24.3 Å². The van der Waals surface area contributed by atoms with Gasteiger partial charge in [-0.3, -0.25) is 9.59 Å². The number of piperidine rings is 1. The highest BCUT2D eigenvalue weighted by molar-refractivity contribution is 5.78. The van der Waals surface area contributed by atoms with Crippen LogP contribution in [0.3, 0.4) is 0 Å². The van der Waals surface area contributed by atoms with Crippen molar-refractivity contribution >= 4 is 11.8 Å². The normalized spacial score (nSPS) is 18.1. The molecule has 2 fully saturated rings. The summed E-state index contributed by atoms with van der Waals surface area (Å²) in [7, 11) is 0. The fourth-order valence-electron chi connectivity index (χ4n) is 4.49. The highest BCUT2D eigenvalue weighted by atomic mass is 16.5. The van der Waals surface area contributed by atoms with Gasteiger partial charge in [0.25, 0.3) is 5.91 Å². The number of rotatable bonds is 9. The monoisotopic (exact) mass is 416 g/mol. The van der Waals surface area contributed by atoms with E-state index >= 15 is 0 Å². The van der Waals surface area contributed by atoms with Gasteiger partial charge in [-0.15, -0.1) is 0 Å². The largest absolute Gasteiger partial charge is 0.490 e. The first-order valence-corrected chi connectivity index (χ1v) is 11.6. The molecule has 1 aliphatic carbocycles. The van der Waals surface area contributed by atoms with E-state index in [1.165, 1.54) is 32.1 Å². The molecule has 1 aromatic carbocycles. The van der Waals surface area contributed by atoms with Gasteiger partial charge in [-0.05, 0) is 44.2 Å². The first-order chi connectivity index (χ1) is 14.7. The lowest BCUT2D eigenvalue weighted by molar-refractivity contribution is -0.132. The SMILES string of the molecule is CCOc1ccccc1OCC(=O)NC1CCN(C(=O)CCC2CCCCC2)CC1. The minimum absolute atomic E-state index is 0.0371. The minimum atomic E-state index is -0.136. The van der Waals surface area contributed by atoms with E-state index in [-0.39, 0.29) is 24.5 Å². The van der Waals surface area contributed by atoms with E-state index in [4.69, 9.17) is 9.47 Å². The van der Waals surface area contributed by atoms with E-state index < -0.39 is 0 Å². The Morgan fingerprint density at radius 3 is 2.33 bits per heavy atom. The van der Waals surface area contributed by atoms with Gasteiger partial charge in [-0.2, -0.15) is 0 Å². The van der Waals surface area contributed by atoms with Gasteiger partial charge in [0, 0.05) is 25.6 Å². The van der Waals surface area contributed by atoms with Crippen molar-refractivity contribution in [3.8, 4) is 11.5 Å². The third kappa shape index (κ3) is 6.92. The Hall–Kier alpha value is -2.24. The highest BCUT2D eigenvalue weighted by Gasteiger charge is 2.24. The number of likely N-dealkylation sites (tertiary alicyclic amines) is 1. The van der Waals surface area contributed by atoms with Crippen LogP contribution in [0.4, 0.5) is 0 Å². The summed E-state index contributed by atoms with van der Waals surface area (Å²) < 4.78 is 11.2. The van der Waals surface area contributed by atoms with Crippen LogP contribution < -0.4 is 14.8 Å². The molecular formula is C24H36N2O4. The lowest BCUT2D eigenvalue weighted by Gasteiger charge is -2.33. The predicted octanol–water partition coefficient (Wildman–Crippen LogP) is 3.93. The molecule has 0 bridgehead atoms. The first kappa shape index (κ1) is 22.4. The van der Waals surface area contributed by atoms with E-state index in [2.05, 4.69) is 5.32 Å². The second-order valence-electron chi connectivity index (χ2n) is 8.43. The molecule has 1 saturated carbocycles. The molecule has 0 atom stereocenters. The van der Waals surface area contributed by atoms with Gasteiger partial charge in [0.2, 0.25) is 5.91 Å². The first-order valence-electron chi connectivity index (χ1n) is 11.6. The smallest absolute Gasteiger partial charge is 0.258 e. The van der Waals surface area contributed by atoms with Crippen molar-refractivity contribution in [3.05, 3.63) is 24.3 Å². The molecule has 0 radical (unpaired) electrons. The molecule has 1 aromatic rings. The van der Waals surface area contributed by atoms with Crippen molar-refractivity contribution in [3.63, 3.8) is 0 Å². The lowest BCUT2D eigenvalue weighted by Crippen LogP contribution is -2.47. The average molecular weight is 417 g/mol. The summed E-state index contributed by atoms with van der Waals surface area (Å²) in [6.07, 6.45) is 9.90. The van der Waals surface area contributed by atoms with Crippen molar-refractivity contribution in [2.75, 3.05) is 26.3 Å². The predicted molar refractivity (Wildman–Crippen MR) is 117 cm³/mol. The quantitative estimate of drug-likeness (QED) is 0.662. The highest BCUT2D eigenvalue weighted by Crippen LogP contribution is 2.28. The van der Waals surface area contributed by atoms with Crippen LogP contribution >= 0.6 is 0 Å². The van der Waals surface area contributed by atoms with Crippen LogP contribution in [-0.4, -0.2) is 49.1 Å². The zero-order valence-corrected chi connectivity index (χ0v) is 18.2. The Morgan fingerprint density at radius 1 is 1.00 bits per heavy atom. The number of carbonyl (C=O) groups excluding carboxylic acids is 2. The number of carbonyl (C=O) groups is 2. The molecule has 166 valence electrons. The molecule has 6 heteroatoms. The van der Waals surface area contributed by atoms with Gasteiger partial charge in [-0.25, -0.2) is 0 Å². The van der Waals surface area contributed by atoms with E-state index in [9.17, 15) is 9.59 Å². The Balaban J connectivity index is 1.34. The van der Waals surface area contributed by atoms with Gasteiger partial charge in [-0.1, -0.05) is 44.2 Å². The minimum Gasteiger partial charge on any atom is -0.490 e. The number of benzene rings is 1. The van der Waals surface area contributed by atoms with Crippen molar-refractivity contribution in [1.82, 2.24) is 10.2 Å². The summed E-state index contributed by atoms with van der Waals surface area (Å²) in [5.74, 6) is 2.11. The van der Waals surface area contributed by atoms with Crippen molar-refractivity contribution in [2.45, 2.75) is 70.8 Å². The van der Waals surface area contributed by atoms with E-state index in [1.807, 2.05) is 30.0 Å². The molecule has 2 aliphatic rings. The summed E-state index contributed by atoms with van der Waals surface area (Å²) in [6, 6.07) is 7.47. The summed E-state index contributed by atoms with van der Waals surface area (Å²) in [6.45, 7) is 3.87. The molecule has 0 unspecified atom stereocenters. The fraction of sp³-hybridized carbons (Fsp3) is 0.667. The second kappa shape index (κ2) is 11.8. The average Bonchev–Trinajstić information content (AvgIpc) is 2.78. The number of hydrogen-bond donors (Lipinski definition) is 1. The Bertz CT molecular complexity index is 680. The topological polar surface area (TPSA) is 67.9 Å². The standard InChI is InChI=1S/C24H36N2O4/c1-2-29-21-10-6-7-11-22(21)30-18-23(27)25-20-14-16-26(17-15-20)24(28)13-12-19-8-4-3-5-9-19/h6-7,10-11,19-20H,2-5,8-9,12-18H2,1H3,(H,25,27). The van der Waals surface area contributed by atoms with Gasteiger partial charge in [0.1, 0.15) is 0 Å². The third-order valence-electron chi connectivity index (χ3n) is 6.21. The summed E-state index contributed by atoms with van der Waals surface area (Å²) >= 11 is 0. The molecule has 3 rings (SSSR count). The number of para-hydroxylation sites is 2. The maximum atomic E-state index is 12.5. The molecular weight excluding hydrogens is 380 g/mol. The van der Waals surface area contributed by atoms with E-state index in [0.29, 0.717) is 24.5 Å². The van der Waals surface area contributed by atoms with E-state index in [0.717, 1.165) is 38.3 Å². The van der Waals surface area contributed by atoms with Crippen molar-refractivity contribution < 1.29 is 19.1 Å². The van der Waals surface area contributed by atoms with Crippen LogP contribution in [0.2, 0.25) is 0 Å². The number of ether oxygens (including phenoxy) is 2. The molecule has 6 nitrogen and oxygen atoms in total. The van der Waals surface area contributed by atoms with Gasteiger partial charge in [0.15, 0.2) is 18.1 Å². The summed E-state index contributed by atoms with van der Waals surface area (Å²) in [5.41, 5.74) is 0. The number of amides is 2. The lowest BCUT2D eigenvalue weighted by atomic mass is 9.86. The Morgan fingerprint density at radius 2 is 1.67 bits per heavy atom. The van der Waals surface area contributed by atoms with Crippen LogP contribution in [0, 0.1) is 5.92 Å². The second-order valence-corrected chi connectivity index (χ2v) is 8.43. The molecule has 0 aromatic heterocycles. The van der Waals surface area contributed by atoms with Crippen molar-refractivity contribution in [2.24, 2.45) is 5.92 Å². The third-order valence-corrected chi connectivity index (χ3v) is 6.21. The fourth-order valence-corrected chi connectivity index (χ4v) is 4.49. The van der Waals surface area contributed by atoms with E-state index in [1.54, 1.807) is 6.07 Å². The molecule has 2 amide bonds. The Labute approximate surface area is 180 Å². The summed E-state index contributed by atoms with van der Waals surface area (Å²) in [5, 5.41) is 3.04. The van der Waals surface area contributed by atoms with Crippen LogP contribution in [0.1, 0.15) is 64.7 Å². The number of nitrogens with one attached hydrogen (secondary N) is 1. The van der Waals surface area contributed by atoms with Gasteiger partial charge < -0.3 is 19.7 Å². The maximum Gasteiger partial charge on any atom is 0.258 e. The zero-order chi connectivity index (χ0) is 21.2. The van der Waals surface area contributed by atoms with Crippen LogP contribution in [0.5, 0.6) is 11.5 Å². The number of nitrogens with zero attached hydrogens (tertiary/aromatic N) is 1. The molecule has 1 heterocycles. The Kier molecular flexibility index (Phi) is 8.84. The number of hydrogen-bond acceptors (Lipinski definition) is 4. The van der Waals surface area contributed by atoms with Crippen molar-refractivity contribution in [1.29, 1.82) is 0 Å². The van der Waals surface area contributed by atoms with Crippen LogP contribution in [0.25, 0.3) is 0 Å².